The van der Waals surface area contributed by atoms with Crippen molar-refractivity contribution < 1.29 is 32.8 Å². The lowest BCUT2D eigenvalue weighted by molar-refractivity contribution is -0.148. The highest BCUT2D eigenvalue weighted by molar-refractivity contribution is 7.88. The van der Waals surface area contributed by atoms with Crippen LogP contribution in [0, 0.1) is 5.92 Å². The van der Waals surface area contributed by atoms with Crippen molar-refractivity contribution in [3.05, 3.63) is 0 Å². The van der Waals surface area contributed by atoms with E-state index >= 15 is 0 Å². The Morgan fingerprint density at radius 2 is 1.67 bits per heavy atom. The van der Waals surface area contributed by atoms with Gasteiger partial charge in [-0.25, -0.2) is 0 Å². The predicted molar refractivity (Wildman–Crippen MR) is 49.0 cm³/mol. The number of hydrogen-bond donors (Lipinski definition) is 3. The number of hydrogen-bond acceptors (Lipinski definition) is 4. The van der Waals surface area contributed by atoms with E-state index in [0.29, 0.717) is 0 Å². The molecule has 15 heavy (non-hydrogen) atoms. The van der Waals surface area contributed by atoms with Crippen LogP contribution < -0.4 is 0 Å². The lowest BCUT2D eigenvalue weighted by Gasteiger charge is -2.28. The number of rotatable bonds is 5. The average molecular weight is 240 g/mol. The standard InChI is InChI=1S/C7H12O7S/c1-4(2)7(6(10)11,3-5(8)9)15(12,13)14/h4H,3H2,1-2H3,(H,8,9)(H,10,11)(H,12,13,14). The Bertz CT molecular complexity index is 369. The first-order chi connectivity index (χ1) is 6.55. The zero-order valence-electron chi connectivity index (χ0n) is 8.17. The number of aliphatic carboxylic acids is 2. The van der Waals surface area contributed by atoms with Crippen molar-refractivity contribution in [1.29, 1.82) is 0 Å². The van der Waals surface area contributed by atoms with E-state index in [2.05, 4.69) is 0 Å². The van der Waals surface area contributed by atoms with Gasteiger partial charge in [0.05, 0.1) is 6.42 Å². The Morgan fingerprint density at radius 1 is 1.27 bits per heavy atom. The van der Waals surface area contributed by atoms with Crippen molar-refractivity contribution in [2.45, 2.75) is 25.0 Å². The van der Waals surface area contributed by atoms with Gasteiger partial charge in [-0.3, -0.25) is 14.1 Å². The van der Waals surface area contributed by atoms with Crippen LogP contribution in [0.3, 0.4) is 0 Å². The van der Waals surface area contributed by atoms with Gasteiger partial charge in [0.1, 0.15) is 0 Å². The second-order valence-electron chi connectivity index (χ2n) is 3.39. The highest BCUT2D eigenvalue weighted by Gasteiger charge is 2.54. The van der Waals surface area contributed by atoms with Crippen LogP contribution in [0.25, 0.3) is 0 Å². The summed E-state index contributed by atoms with van der Waals surface area (Å²) in [7, 11) is -5.00. The number of carboxylic acid groups (broad SMARTS) is 2. The molecule has 0 aliphatic heterocycles. The van der Waals surface area contributed by atoms with Gasteiger partial charge in [-0.1, -0.05) is 13.8 Å². The van der Waals surface area contributed by atoms with Gasteiger partial charge < -0.3 is 10.2 Å². The summed E-state index contributed by atoms with van der Waals surface area (Å²) in [5.74, 6) is -4.55. The molecule has 0 aliphatic carbocycles. The van der Waals surface area contributed by atoms with Gasteiger partial charge in [0, 0.05) is 0 Å². The molecular weight excluding hydrogens is 228 g/mol. The topological polar surface area (TPSA) is 129 Å². The summed E-state index contributed by atoms with van der Waals surface area (Å²) in [5, 5.41) is 17.2. The highest BCUT2D eigenvalue weighted by atomic mass is 32.2. The minimum Gasteiger partial charge on any atom is -0.481 e. The Morgan fingerprint density at radius 3 is 1.73 bits per heavy atom. The fourth-order valence-electron chi connectivity index (χ4n) is 1.25. The molecule has 1 atom stereocenters. The molecule has 0 saturated heterocycles. The van der Waals surface area contributed by atoms with Gasteiger partial charge in [0.15, 0.2) is 0 Å². The van der Waals surface area contributed by atoms with E-state index in [-0.39, 0.29) is 0 Å². The summed E-state index contributed by atoms with van der Waals surface area (Å²) in [6.07, 6.45) is -1.18. The number of carboxylic acids is 2. The second kappa shape index (κ2) is 4.15. The molecule has 8 heteroatoms. The molecule has 0 saturated carbocycles. The Balaban J connectivity index is 5.71. The average Bonchev–Trinajstić information content (AvgIpc) is 1.95. The van der Waals surface area contributed by atoms with E-state index < -0.39 is 39.1 Å². The molecule has 88 valence electrons. The van der Waals surface area contributed by atoms with Crippen molar-refractivity contribution in [3.63, 3.8) is 0 Å². The van der Waals surface area contributed by atoms with Crippen LogP contribution in [0.4, 0.5) is 0 Å². The van der Waals surface area contributed by atoms with Crippen molar-refractivity contribution in [2.24, 2.45) is 5.92 Å². The third kappa shape index (κ3) is 2.45. The molecule has 0 spiro atoms. The van der Waals surface area contributed by atoms with Crippen LogP contribution in [0.1, 0.15) is 20.3 Å². The molecule has 0 aromatic heterocycles. The normalized spacial score (nSPS) is 16.0. The molecule has 0 amide bonds. The zero-order chi connectivity index (χ0) is 12.4. The van der Waals surface area contributed by atoms with Crippen LogP contribution in [0.15, 0.2) is 0 Å². The summed E-state index contributed by atoms with van der Waals surface area (Å²) in [5.41, 5.74) is 0. The molecule has 0 aromatic rings. The molecule has 0 radical (unpaired) electrons. The van der Waals surface area contributed by atoms with E-state index in [1.54, 1.807) is 0 Å². The lowest BCUT2D eigenvalue weighted by atomic mass is 9.91. The fourth-order valence-corrected chi connectivity index (χ4v) is 2.37. The molecule has 0 aromatic carbocycles. The molecule has 7 nitrogen and oxygen atoms in total. The fraction of sp³-hybridized carbons (Fsp3) is 0.714. The summed E-state index contributed by atoms with van der Waals surface area (Å²) < 4.78 is 28.1. The van der Waals surface area contributed by atoms with Crippen LogP contribution in [0.5, 0.6) is 0 Å². The zero-order valence-corrected chi connectivity index (χ0v) is 8.98. The van der Waals surface area contributed by atoms with E-state index in [1.165, 1.54) is 13.8 Å². The Hall–Kier alpha value is -1.15. The van der Waals surface area contributed by atoms with Gasteiger partial charge in [0.2, 0.25) is 4.75 Å². The number of carbonyl (C=O) groups is 2. The maximum absolute atomic E-state index is 11.0. The molecule has 3 N–H and O–H groups in total. The first-order valence-corrected chi connectivity index (χ1v) is 5.42. The Labute approximate surface area is 86.5 Å². The molecular formula is C7H12O7S. The third-order valence-corrected chi connectivity index (χ3v) is 3.88. The maximum Gasteiger partial charge on any atom is 0.328 e. The minimum atomic E-state index is -5.00. The van der Waals surface area contributed by atoms with E-state index in [1.807, 2.05) is 0 Å². The second-order valence-corrected chi connectivity index (χ2v) is 5.07. The van der Waals surface area contributed by atoms with Gasteiger partial charge in [0.25, 0.3) is 10.1 Å². The van der Waals surface area contributed by atoms with Gasteiger partial charge in [-0.05, 0) is 5.92 Å². The van der Waals surface area contributed by atoms with Crippen molar-refractivity contribution in [2.75, 3.05) is 0 Å². The van der Waals surface area contributed by atoms with Gasteiger partial charge >= 0.3 is 11.9 Å². The summed E-state index contributed by atoms with van der Waals surface area (Å²) in [6.45, 7) is 2.43. The quantitative estimate of drug-likeness (QED) is 0.569. The SMILES string of the molecule is CC(C)C(CC(=O)O)(C(=O)O)S(=O)(=O)O. The Kier molecular flexibility index (Phi) is 3.83. The van der Waals surface area contributed by atoms with E-state index in [4.69, 9.17) is 14.8 Å². The first-order valence-electron chi connectivity index (χ1n) is 3.98. The highest BCUT2D eigenvalue weighted by Crippen LogP contribution is 2.30. The van der Waals surface area contributed by atoms with Gasteiger partial charge in [-0.15, -0.1) is 0 Å². The van der Waals surface area contributed by atoms with Crippen molar-refractivity contribution in [3.8, 4) is 0 Å². The predicted octanol–water partition coefficient (Wildman–Crippen LogP) is -0.172. The van der Waals surface area contributed by atoms with Crippen molar-refractivity contribution >= 4 is 22.1 Å². The minimum absolute atomic E-state index is 1.07. The molecule has 0 fully saturated rings. The largest absolute Gasteiger partial charge is 0.481 e. The first kappa shape index (κ1) is 13.8. The van der Waals surface area contributed by atoms with E-state index in [0.717, 1.165) is 0 Å². The van der Waals surface area contributed by atoms with Crippen LogP contribution in [-0.4, -0.2) is 39.9 Å². The smallest absolute Gasteiger partial charge is 0.328 e. The summed E-state index contributed by atoms with van der Waals surface area (Å²) in [6, 6.07) is 0. The van der Waals surface area contributed by atoms with Crippen LogP contribution in [0.2, 0.25) is 0 Å². The lowest BCUT2D eigenvalue weighted by Crippen LogP contribution is -2.52. The van der Waals surface area contributed by atoms with Gasteiger partial charge in [-0.2, -0.15) is 8.42 Å². The molecule has 0 aliphatic rings. The molecule has 0 bridgehead atoms. The molecule has 0 heterocycles. The molecule has 0 rings (SSSR count). The monoisotopic (exact) mass is 240 g/mol. The van der Waals surface area contributed by atoms with Crippen molar-refractivity contribution in [1.82, 2.24) is 0 Å². The van der Waals surface area contributed by atoms with E-state index in [9.17, 15) is 18.0 Å². The van der Waals surface area contributed by atoms with Crippen LogP contribution >= 0.6 is 0 Å². The van der Waals surface area contributed by atoms with Crippen LogP contribution in [-0.2, 0) is 19.7 Å². The maximum atomic E-state index is 11.0. The third-order valence-electron chi connectivity index (χ3n) is 2.17. The molecule has 1 unspecified atom stereocenters. The summed E-state index contributed by atoms with van der Waals surface area (Å²) >= 11 is 0. The summed E-state index contributed by atoms with van der Waals surface area (Å²) in [4.78, 5) is 21.3.